The van der Waals surface area contributed by atoms with E-state index in [-0.39, 0.29) is 14.0 Å². The number of hydrogen-bond acceptors (Lipinski definition) is 0. The van der Waals surface area contributed by atoms with Crippen LogP contribution in [-0.4, -0.2) is 14.0 Å². The molecule has 0 saturated carbocycles. The van der Waals surface area contributed by atoms with Gasteiger partial charge in [-0.1, -0.05) is 0 Å². The third-order valence-electron chi connectivity index (χ3n) is 1.18. The van der Waals surface area contributed by atoms with E-state index < -0.39 is 0 Å². The van der Waals surface area contributed by atoms with E-state index in [2.05, 4.69) is 19.1 Å². The van der Waals surface area contributed by atoms with Crippen LogP contribution in [0.15, 0.2) is 24.3 Å². The Morgan fingerprint density at radius 2 is 2.00 bits per heavy atom. The van der Waals surface area contributed by atoms with Gasteiger partial charge in [0.1, 0.15) is 0 Å². The fraction of sp³-hybridized carbons (Fsp3) is 0.143. The van der Waals surface area contributed by atoms with Crippen LogP contribution in [0.5, 0.6) is 0 Å². The average Bonchev–Trinajstić information content (AvgIpc) is 1.89. The van der Waals surface area contributed by atoms with E-state index in [1.807, 2.05) is 12.1 Å². The van der Waals surface area contributed by atoms with E-state index in [1.54, 1.807) is 0 Å². The maximum absolute atomic E-state index is 5.69. The average molecular weight is 206 g/mol. The van der Waals surface area contributed by atoms with Crippen LogP contribution in [0, 0.1) is 6.92 Å². The standard InChI is InChI=1S/C7H7ClSe/c1-6-4-2-3-5-7(6)9-8/h2-5H,1H3. The van der Waals surface area contributed by atoms with Gasteiger partial charge in [0, 0.05) is 0 Å². The van der Waals surface area contributed by atoms with Crippen molar-refractivity contribution in [3.63, 3.8) is 0 Å². The van der Waals surface area contributed by atoms with Gasteiger partial charge < -0.3 is 0 Å². The van der Waals surface area contributed by atoms with E-state index in [9.17, 15) is 0 Å². The summed E-state index contributed by atoms with van der Waals surface area (Å²) >= 11 is 0.130. The van der Waals surface area contributed by atoms with Gasteiger partial charge in [0.25, 0.3) is 0 Å². The molecule has 0 fully saturated rings. The number of benzene rings is 1. The number of halogens is 1. The molecule has 48 valence electrons. The first-order chi connectivity index (χ1) is 4.34. The molecule has 0 unspecified atom stereocenters. The van der Waals surface area contributed by atoms with Crippen LogP contribution < -0.4 is 4.46 Å². The first-order valence-electron chi connectivity index (χ1n) is 2.69. The van der Waals surface area contributed by atoms with E-state index >= 15 is 0 Å². The molecular weight excluding hydrogens is 198 g/mol. The van der Waals surface area contributed by atoms with Crippen molar-refractivity contribution in [2.75, 3.05) is 0 Å². The van der Waals surface area contributed by atoms with Crippen molar-refractivity contribution in [1.82, 2.24) is 0 Å². The topological polar surface area (TPSA) is 0 Å². The summed E-state index contributed by atoms with van der Waals surface area (Å²) in [6.45, 7) is 2.08. The van der Waals surface area contributed by atoms with Gasteiger partial charge in [0.05, 0.1) is 0 Å². The molecule has 0 saturated heterocycles. The second kappa shape index (κ2) is 3.26. The molecule has 0 bridgehead atoms. The Balaban J connectivity index is 3.01. The number of aryl methyl sites for hydroxylation is 1. The molecule has 0 amide bonds. The summed E-state index contributed by atoms with van der Waals surface area (Å²) in [7, 11) is 5.69. The predicted octanol–water partition coefficient (Wildman–Crippen LogP) is 1.48. The summed E-state index contributed by atoms with van der Waals surface area (Å²) in [6, 6.07) is 8.20. The third kappa shape index (κ3) is 1.72. The van der Waals surface area contributed by atoms with Gasteiger partial charge in [-0.15, -0.1) is 0 Å². The van der Waals surface area contributed by atoms with Crippen LogP contribution in [0.4, 0.5) is 0 Å². The minimum atomic E-state index is 0.130. The maximum atomic E-state index is 5.69. The molecule has 0 atom stereocenters. The molecule has 0 heterocycles. The Hall–Kier alpha value is 0.0295. The van der Waals surface area contributed by atoms with E-state index in [0.717, 1.165) is 0 Å². The molecule has 0 aromatic heterocycles. The molecule has 1 aromatic carbocycles. The second-order valence-electron chi connectivity index (χ2n) is 1.84. The van der Waals surface area contributed by atoms with Gasteiger partial charge in [-0.2, -0.15) is 0 Å². The Morgan fingerprint density at radius 3 is 2.44 bits per heavy atom. The van der Waals surface area contributed by atoms with Crippen LogP contribution in [-0.2, 0) is 0 Å². The van der Waals surface area contributed by atoms with Gasteiger partial charge in [0.2, 0.25) is 0 Å². The van der Waals surface area contributed by atoms with Gasteiger partial charge in [-0.05, 0) is 0 Å². The molecule has 0 aliphatic rings. The van der Waals surface area contributed by atoms with E-state index in [0.29, 0.717) is 0 Å². The van der Waals surface area contributed by atoms with E-state index in [1.165, 1.54) is 10.0 Å². The monoisotopic (exact) mass is 206 g/mol. The minimum absolute atomic E-state index is 0.130. The Kier molecular flexibility index (Phi) is 2.59. The molecule has 1 aromatic rings. The van der Waals surface area contributed by atoms with Crippen molar-refractivity contribution in [3.05, 3.63) is 29.8 Å². The molecule has 0 spiro atoms. The van der Waals surface area contributed by atoms with Crippen molar-refractivity contribution in [3.8, 4) is 0 Å². The molecule has 1 rings (SSSR count). The number of rotatable bonds is 1. The van der Waals surface area contributed by atoms with Gasteiger partial charge in [-0.25, -0.2) is 0 Å². The molecule has 2 heteroatoms. The zero-order valence-electron chi connectivity index (χ0n) is 5.10. The van der Waals surface area contributed by atoms with E-state index in [4.69, 9.17) is 10.1 Å². The Labute approximate surface area is 65.6 Å². The molecule has 0 aliphatic heterocycles. The zero-order chi connectivity index (χ0) is 6.69. The van der Waals surface area contributed by atoms with Crippen molar-refractivity contribution < 1.29 is 0 Å². The molecule has 0 aliphatic carbocycles. The van der Waals surface area contributed by atoms with Crippen LogP contribution >= 0.6 is 10.1 Å². The van der Waals surface area contributed by atoms with Gasteiger partial charge in [0.15, 0.2) is 0 Å². The summed E-state index contributed by atoms with van der Waals surface area (Å²) in [5.74, 6) is 0. The molecular formula is C7H7ClSe. The third-order valence-corrected chi connectivity index (χ3v) is 3.35. The quantitative estimate of drug-likeness (QED) is 0.610. The first kappa shape index (κ1) is 7.14. The Bertz CT molecular complexity index is 198. The van der Waals surface area contributed by atoms with Crippen molar-refractivity contribution in [2.24, 2.45) is 0 Å². The van der Waals surface area contributed by atoms with Gasteiger partial charge >= 0.3 is 65.4 Å². The fourth-order valence-electron chi connectivity index (χ4n) is 0.643. The summed E-state index contributed by atoms with van der Waals surface area (Å²) < 4.78 is 1.28. The first-order valence-corrected chi connectivity index (χ1v) is 5.79. The van der Waals surface area contributed by atoms with Crippen molar-refractivity contribution in [2.45, 2.75) is 6.92 Å². The normalized spacial score (nSPS) is 9.56. The van der Waals surface area contributed by atoms with Crippen LogP contribution in [0.25, 0.3) is 0 Å². The predicted molar refractivity (Wildman–Crippen MR) is 42.4 cm³/mol. The van der Waals surface area contributed by atoms with Crippen LogP contribution in [0.2, 0.25) is 0 Å². The zero-order valence-corrected chi connectivity index (χ0v) is 7.56. The van der Waals surface area contributed by atoms with Crippen LogP contribution in [0.3, 0.4) is 0 Å². The second-order valence-corrected chi connectivity index (χ2v) is 3.89. The van der Waals surface area contributed by atoms with Crippen molar-refractivity contribution >= 4 is 28.6 Å². The molecule has 9 heavy (non-hydrogen) atoms. The van der Waals surface area contributed by atoms with Crippen LogP contribution in [0.1, 0.15) is 5.56 Å². The Morgan fingerprint density at radius 1 is 1.33 bits per heavy atom. The fourth-order valence-corrected chi connectivity index (χ4v) is 2.21. The molecule has 0 radical (unpaired) electrons. The summed E-state index contributed by atoms with van der Waals surface area (Å²) in [6.07, 6.45) is 0. The van der Waals surface area contributed by atoms with Crippen molar-refractivity contribution in [1.29, 1.82) is 0 Å². The summed E-state index contributed by atoms with van der Waals surface area (Å²) in [5.41, 5.74) is 1.30. The molecule has 0 nitrogen and oxygen atoms in total. The number of hydrogen-bond donors (Lipinski definition) is 0. The SMILES string of the molecule is Cc1ccccc1[Se]Cl. The molecule has 0 N–H and O–H groups in total. The summed E-state index contributed by atoms with van der Waals surface area (Å²) in [4.78, 5) is 0. The summed E-state index contributed by atoms with van der Waals surface area (Å²) in [5, 5.41) is 0. The van der Waals surface area contributed by atoms with Gasteiger partial charge in [-0.3, -0.25) is 0 Å².